The molecule has 0 saturated carbocycles. The highest BCUT2D eigenvalue weighted by atomic mass is 31.2. The summed E-state index contributed by atoms with van der Waals surface area (Å²) in [5.74, 6) is 5.34. The van der Waals surface area contributed by atoms with Gasteiger partial charge in [0, 0.05) is 51.0 Å². The lowest BCUT2D eigenvalue weighted by molar-refractivity contribution is -0.870. The average molecular weight is 1470 g/mol. The smallest absolute Gasteiger partial charge is 0.198 e. The standard InChI is InChI=1S/3C28H31N2O4.H3O4P/c3*1-30(2,3)16-17-34-27-19-29(24-12-8-6-10-21(24)27)25-13-9-7-11-22(25)28(31)23-15-14-20(32-4)18-26(23)33-5;1-5(2,3)4/h3*6-15,18-19H,16-17H2,1-5H3;(H3,1,2,3,4)/q3*+1;/p-3. The van der Waals surface area contributed by atoms with Gasteiger partial charge in [-0.1, -0.05) is 72.8 Å². The number of phosphoric acid groups is 1. The van der Waals surface area contributed by atoms with E-state index in [0.717, 1.165) is 100 Å². The number of ketones is 3. The molecule has 12 rings (SSSR count). The molecule has 0 N–H and O–H groups in total. The number of carbonyl (C=O) groups excluding carboxylic acids is 3. The van der Waals surface area contributed by atoms with E-state index in [0.29, 0.717) is 87.7 Å². The number of quaternary nitrogens is 3. The number of benzene rings is 9. The molecule has 22 nitrogen and oxygen atoms in total. The monoisotopic (exact) mass is 1470 g/mol. The molecule has 0 atom stereocenters. The molecule has 560 valence electrons. The summed E-state index contributed by atoms with van der Waals surface area (Å²) in [5.41, 5.74) is 8.43. The zero-order valence-electron chi connectivity index (χ0n) is 63.2. The maximum Gasteiger partial charge on any atom is 0.198 e. The van der Waals surface area contributed by atoms with Crippen LogP contribution in [0.1, 0.15) is 47.8 Å². The number of likely N-dealkylation sites (N-methyl/N-ethyl adjacent to an activating group) is 3. The second kappa shape index (κ2) is 35.3. The van der Waals surface area contributed by atoms with Crippen LogP contribution in [0.5, 0.6) is 51.7 Å². The van der Waals surface area contributed by atoms with Crippen LogP contribution < -0.4 is 57.3 Å². The van der Waals surface area contributed by atoms with Gasteiger partial charge in [0.05, 0.1) is 175 Å². The fourth-order valence-corrected chi connectivity index (χ4v) is 11.7. The molecule has 3 aromatic heterocycles. The zero-order valence-corrected chi connectivity index (χ0v) is 64.1. The first-order valence-electron chi connectivity index (χ1n) is 34.4. The van der Waals surface area contributed by atoms with Crippen molar-refractivity contribution in [3.05, 3.63) is 252 Å². The van der Waals surface area contributed by atoms with Crippen molar-refractivity contribution in [2.45, 2.75) is 0 Å². The lowest BCUT2D eigenvalue weighted by atomic mass is 10.0. The molecule has 0 aliphatic heterocycles. The molecule has 0 unspecified atom stereocenters. The van der Waals surface area contributed by atoms with Crippen molar-refractivity contribution in [2.24, 2.45) is 0 Å². The van der Waals surface area contributed by atoms with Crippen molar-refractivity contribution in [1.82, 2.24) is 13.7 Å². The van der Waals surface area contributed by atoms with Crippen LogP contribution in [0.2, 0.25) is 0 Å². The predicted octanol–water partition coefficient (Wildman–Crippen LogP) is 12.1. The fraction of sp³-hybridized carbons (Fsp3) is 0.250. The maximum atomic E-state index is 13.7. The summed E-state index contributed by atoms with van der Waals surface area (Å²) in [6.07, 6.45) is 5.91. The summed E-state index contributed by atoms with van der Waals surface area (Å²) in [6.45, 7) is 4.44. The van der Waals surface area contributed by atoms with Crippen LogP contribution in [0.15, 0.2) is 219 Å². The Labute approximate surface area is 624 Å². The van der Waals surface area contributed by atoms with Crippen LogP contribution in [-0.4, -0.2) is 190 Å². The minimum absolute atomic E-state index is 0.125. The van der Waals surface area contributed by atoms with E-state index in [9.17, 15) is 14.4 Å². The molecule has 107 heavy (non-hydrogen) atoms. The van der Waals surface area contributed by atoms with Crippen molar-refractivity contribution >= 4 is 57.9 Å². The minimum Gasteiger partial charge on any atom is -0.822 e. The zero-order chi connectivity index (χ0) is 77.4. The van der Waals surface area contributed by atoms with E-state index in [-0.39, 0.29) is 17.3 Å². The number of nitrogens with zero attached hydrogens (tertiary/aromatic N) is 6. The quantitative estimate of drug-likeness (QED) is 0.0264. The Morgan fingerprint density at radius 3 is 0.785 bits per heavy atom. The Balaban J connectivity index is 0.000000179. The number of carbonyl (C=O) groups is 3. The topological polar surface area (TPSA) is 235 Å². The highest BCUT2D eigenvalue weighted by Gasteiger charge is 2.26. The summed E-state index contributed by atoms with van der Waals surface area (Å²) >= 11 is 0. The van der Waals surface area contributed by atoms with Crippen molar-refractivity contribution in [1.29, 1.82) is 0 Å². The number of ether oxygens (including phenoxy) is 9. The van der Waals surface area contributed by atoms with Gasteiger partial charge in [0.2, 0.25) is 0 Å². The van der Waals surface area contributed by atoms with Crippen LogP contribution in [0, 0.1) is 0 Å². The summed E-state index contributed by atoms with van der Waals surface area (Å²) < 4.78 is 68.0. The van der Waals surface area contributed by atoms with Crippen molar-refractivity contribution < 1.29 is 89.7 Å². The molecular weight excluding hydrogens is 1380 g/mol. The number of para-hydroxylation sites is 6. The Bertz CT molecular complexity index is 4630. The lowest BCUT2D eigenvalue weighted by Gasteiger charge is -2.36. The SMILES string of the molecule is COc1ccc(C(=O)c2ccccc2-n2cc(OCC[N+](C)(C)C)c3ccccc32)c(OC)c1.COc1ccc(C(=O)c2ccccc2-n2cc(OCC[N+](C)(C)C)c3ccccc32)c(OC)c1.COc1ccc(C(=O)c2ccccc2-n2cc(OCC[N+](C)(C)C)c3ccccc32)c(OC)c1.O=P([O-])([O-])[O-]. The molecule has 0 bridgehead atoms. The van der Waals surface area contributed by atoms with Gasteiger partial charge in [-0.2, -0.15) is 7.82 Å². The third-order valence-corrected chi connectivity index (χ3v) is 17.3. The number of methoxy groups -OCH3 is 6. The first-order valence-corrected chi connectivity index (χ1v) is 35.8. The van der Waals surface area contributed by atoms with E-state index in [2.05, 4.69) is 63.4 Å². The molecule has 0 aliphatic rings. The first kappa shape index (κ1) is 79.9. The van der Waals surface area contributed by atoms with Gasteiger partial charge < -0.3 is 89.0 Å². The summed E-state index contributed by atoms with van der Waals surface area (Å²) in [5, 5.41) is 3.02. The largest absolute Gasteiger partial charge is 0.822 e. The molecule has 0 amide bonds. The van der Waals surface area contributed by atoms with Crippen LogP contribution in [-0.2, 0) is 4.57 Å². The average Bonchev–Trinajstić information content (AvgIpc) is 1.65. The van der Waals surface area contributed by atoms with Crippen LogP contribution in [0.4, 0.5) is 0 Å². The van der Waals surface area contributed by atoms with Gasteiger partial charge in [-0.05, 0) is 109 Å². The van der Waals surface area contributed by atoms with E-state index in [1.807, 2.05) is 178 Å². The van der Waals surface area contributed by atoms with Gasteiger partial charge in [0.1, 0.15) is 91.2 Å². The lowest BCUT2D eigenvalue weighted by Crippen LogP contribution is -2.38. The second-order valence-corrected chi connectivity index (χ2v) is 28.8. The maximum absolute atomic E-state index is 13.7. The molecule has 0 spiro atoms. The first-order chi connectivity index (χ1) is 51.0. The number of fused-ring (bicyclic) bond motifs is 3. The third kappa shape index (κ3) is 20.7. The summed E-state index contributed by atoms with van der Waals surface area (Å²) in [6, 6.07) is 62.7. The van der Waals surface area contributed by atoms with Gasteiger partial charge in [-0.25, -0.2) is 0 Å². The van der Waals surface area contributed by atoms with Crippen LogP contribution in [0.25, 0.3) is 49.8 Å². The molecule has 12 aromatic rings. The molecule has 0 saturated heterocycles. The molecule has 9 aromatic carbocycles. The van der Waals surface area contributed by atoms with Crippen LogP contribution in [0.3, 0.4) is 0 Å². The van der Waals surface area contributed by atoms with Crippen molar-refractivity contribution in [3.63, 3.8) is 0 Å². The fourth-order valence-electron chi connectivity index (χ4n) is 11.7. The number of aromatic nitrogens is 3. The Morgan fingerprint density at radius 2 is 0.551 bits per heavy atom. The van der Waals surface area contributed by atoms with Crippen LogP contribution >= 0.6 is 7.82 Å². The summed E-state index contributed by atoms with van der Waals surface area (Å²) in [4.78, 5) is 66.7. The van der Waals surface area contributed by atoms with E-state index in [4.69, 9.17) is 61.9 Å². The molecule has 0 radical (unpaired) electrons. The summed E-state index contributed by atoms with van der Waals surface area (Å²) in [7, 11) is 23.3. The molecule has 3 heterocycles. The normalized spacial score (nSPS) is 11.5. The molecule has 0 fully saturated rings. The van der Waals surface area contributed by atoms with Gasteiger partial charge in [0.25, 0.3) is 0 Å². The number of hydrogen-bond donors (Lipinski definition) is 0. The van der Waals surface area contributed by atoms with E-state index in [1.54, 1.807) is 97.3 Å². The highest BCUT2D eigenvalue weighted by molar-refractivity contribution is 7.40. The highest BCUT2D eigenvalue weighted by Crippen LogP contribution is 2.38. The number of hydrogen-bond acceptors (Lipinski definition) is 16. The van der Waals surface area contributed by atoms with E-state index in [1.165, 1.54) is 0 Å². The van der Waals surface area contributed by atoms with E-state index >= 15 is 0 Å². The molecule has 23 heteroatoms. The Kier molecular flexibility index (Phi) is 26.3. The third-order valence-electron chi connectivity index (χ3n) is 17.3. The molecular formula is C84H93N6O16P. The second-order valence-electron chi connectivity index (χ2n) is 27.9. The van der Waals surface area contributed by atoms with Gasteiger partial charge >= 0.3 is 0 Å². The number of rotatable bonds is 27. The van der Waals surface area contributed by atoms with Gasteiger partial charge in [0.15, 0.2) is 17.3 Å². The van der Waals surface area contributed by atoms with Crippen molar-refractivity contribution in [2.75, 3.05) is 146 Å². The van der Waals surface area contributed by atoms with E-state index < -0.39 is 7.82 Å². The minimum atomic E-state index is -5.39. The predicted molar refractivity (Wildman–Crippen MR) is 412 cm³/mol. The molecule has 0 aliphatic carbocycles. The Morgan fingerprint density at radius 1 is 0.318 bits per heavy atom. The van der Waals surface area contributed by atoms with Gasteiger partial charge in [-0.3, -0.25) is 14.4 Å². The van der Waals surface area contributed by atoms with Crippen molar-refractivity contribution in [3.8, 4) is 68.8 Å². The Hall–Kier alpha value is -11.2. The van der Waals surface area contributed by atoms with Gasteiger partial charge in [-0.15, -0.1) is 0 Å².